The zero-order chi connectivity index (χ0) is 52.5. The second-order valence-corrected chi connectivity index (χ2v) is 37.2. The van der Waals surface area contributed by atoms with E-state index in [1.165, 1.54) is 19.0 Å². The molecule has 9 rings (SSSR count). The van der Waals surface area contributed by atoms with Gasteiger partial charge in [0.1, 0.15) is 66.3 Å². The molecule has 10 atom stereocenters. The van der Waals surface area contributed by atoms with Crippen molar-refractivity contribution in [1.29, 1.82) is 5.26 Å². The van der Waals surface area contributed by atoms with E-state index >= 15 is 0 Å². The molecule has 27 heteroatoms. The van der Waals surface area contributed by atoms with Gasteiger partial charge in [0.2, 0.25) is 0 Å². The number of anilines is 1. The van der Waals surface area contributed by atoms with Gasteiger partial charge in [-0.2, -0.15) is 5.26 Å². The van der Waals surface area contributed by atoms with Crippen LogP contribution >= 0.6 is 25.0 Å². The Morgan fingerprint density at radius 1 is 0.863 bits per heavy atom. The summed E-state index contributed by atoms with van der Waals surface area (Å²) in [6, 6.07) is 11.2. The number of hydrogen-bond donors (Lipinski definition) is 1. The molecule has 3 fully saturated rings. The highest BCUT2D eigenvalue weighted by molar-refractivity contribution is 8.07. The number of carbonyl (C=O) groups excluding carboxylic acids is 1. The van der Waals surface area contributed by atoms with E-state index in [0.29, 0.717) is 53.0 Å². The van der Waals surface area contributed by atoms with Gasteiger partial charge >= 0.3 is 13.4 Å². The Morgan fingerprint density at radius 3 is 2.22 bits per heavy atom. The molecule has 1 aromatic carbocycles. The largest absolute Gasteiger partial charge is 0.408 e. The monoisotopic (exact) mass is 1130 g/mol. The van der Waals surface area contributed by atoms with Gasteiger partial charge in [-0.15, -0.1) is 0 Å². The van der Waals surface area contributed by atoms with Crippen molar-refractivity contribution in [1.82, 2.24) is 34.1 Å². The highest BCUT2D eigenvalue weighted by atomic mass is 35.5. The lowest BCUT2D eigenvalue weighted by molar-refractivity contribution is -0.0618. The fraction of sp³-hybridized carbons (Fsp3) is 0.587. The van der Waals surface area contributed by atoms with Gasteiger partial charge < -0.3 is 41.4 Å². The van der Waals surface area contributed by atoms with E-state index in [9.17, 15) is 14.9 Å². The number of aromatic nitrogens is 7. The van der Waals surface area contributed by atoms with E-state index in [1.54, 1.807) is 21.6 Å². The van der Waals surface area contributed by atoms with Gasteiger partial charge in [-0.1, -0.05) is 71.3 Å². The summed E-state index contributed by atoms with van der Waals surface area (Å²) in [5, 5.41) is 9.92. The van der Waals surface area contributed by atoms with Crippen LogP contribution in [0.5, 0.6) is 0 Å². The molecule has 73 heavy (non-hydrogen) atoms. The van der Waals surface area contributed by atoms with Crippen LogP contribution in [0.3, 0.4) is 0 Å². The second kappa shape index (κ2) is 20.7. The van der Waals surface area contributed by atoms with Crippen molar-refractivity contribution in [3.63, 3.8) is 0 Å². The number of nitriles is 1. The molecule has 8 heterocycles. The molecule has 5 aromatic rings. The summed E-state index contributed by atoms with van der Waals surface area (Å²) in [7, 11) is -5.43. The minimum atomic E-state index is -4.26. The summed E-state index contributed by atoms with van der Waals surface area (Å²) in [6.07, 6.45) is -0.706. The van der Waals surface area contributed by atoms with Crippen LogP contribution in [0.25, 0.3) is 22.2 Å². The van der Waals surface area contributed by atoms with Crippen molar-refractivity contribution in [3.05, 3.63) is 71.8 Å². The van der Waals surface area contributed by atoms with Crippen LogP contribution in [0.15, 0.2) is 55.5 Å². The van der Waals surface area contributed by atoms with Gasteiger partial charge in [-0.05, 0) is 90.4 Å². The number of aryl methyl sites for hydroxylation is 1. The van der Waals surface area contributed by atoms with Crippen LogP contribution in [-0.4, -0.2) is 124 Å². The minimum Gasteiger partial charge on any atom is -0.408 e. The van der Waals surface area contributed by atoms with E-state index in [4.69, 9.17) is 86.1 Å². The molecule has 2 unspecified atom stereocenters. The van der Waals surface area contributed by atoms with Gasteiger partial charge in [-0.25, -0.2) is 24.9 Å². The molecule has 394 valence electrons. The molecule has 0 spiro atoms. The molecule has 2 bridgehead atoms. The molecule has 3 saturated heterocycles. The van der Waals surface area contributed by atoms with E-state index in [2.05, 4.69) is 88.8 Å². The summed E-state index contributed by atoms with van der Waals surface area (Å²) in [5.74, 6) is 0.295. The van der Waals surface area contributed by atoms with Crippen LogP contribution in [0.4, 0.5) is 5.82 Å². The summed E-state index contributed by atoms with van der Waals surface area (Å²) >= 11 is 18.8. The average Bonchev–Trinajstić information content (AvgIpc) is 4.05. The minimum absolute atomic E-state index is 0.0253. The summed E-state index contributed by atoms with van der Waals surface area (Å²) in [6.45, 7) is 12.5. The van der Waals surface area contributed by atoms with Crippen molar-refractivity contribution < 1.29 is 50.6 Å². The van der Waals surface area contributed by atoms with E-state index < -0.39 is 79.2 Å². The predicted octanol–water partition coefficient (Wildman–Crippen LogP) is 9.28. The number of nitrogens with zero attached hydrogens (tertiary/aromatic N) is 9. The Kier molecular flexibility index (Phi) is 15.6. The number of carbonyl (C=O) groups is 1. The first kappa shape index (κ1) is 54.8. The number of halogens is 1. The molecule has 4 aliphatic heterocycles. The maximum absolute atomic E-state index is 14.1. The number of benzene rings is 1. The topological polar surface area (TPSA) is 222 Å². The van der Waals surface area contributed by atoms with E-state index in [1.807, 2.05) is 29.0 Å². The molecular weight excluding hydrogens is 1070 g/mol. The lowest BCUT2D eigenvalue weighted by Gasteiger charge is -2.41. The normalized spacial score (nSPS) is 29.5. The van der Waals surface area contributed by atoms with Gasteiger partial charge in [0.15, 0.2) is 39.9 Å². The fourth-order valence-electron chi connectivity index (χ4n) is 8.85. The molecule has 4 aliphatic rings. The summed E-state index contributed by atoms with van der Waals surface area (Å²) < 4.78 is 65.1. The zero-order valence-electron chi connectivity index (χ0n) is 42.4. The molecule has 1 amide bonds. The standard InChI is InChI=1S/C46H62ClN9O11P2S2Si2/c1-45(2,3)72(7,8)66-35-31-23-60-68(58,70)64-34-30(24-61-69(71,59-21-15-19-48)65-36(35)43(63-31)56-27-53-33-38(47)49-25-52-41(33)56)62-44(37(34)67-73(9,10)46(4,5)6)55-22-29-18-14-20-54(39-32(29)40(55)51-26-50-39)42(57)28-16-12-11-13-17-28/h11-13,16-17,22,25-27,30-31,34-37,43-44H,14-15,18,20-21,23-24H2,1-10H3,(H,58,70)/t30-,31-,34-,35-,36-,37-,43-,44-,68?,69?/m1/s1. The first-order chi connectivity index (χ1) is 34.3. The molecule has 1 N–H and O–H groups in total. The molecule has 20 nitrogen and oxygen atoms in total. The zero-order valence-corrected chi connectivity index (χ0v) is 48.6. The third-order valence-corrected chi connectivity index (χ3v) is 27.8. The first-order valence-electron chi connectivity index (χ1n) is 24.1. The summed E-state index contributed by atoms with van der Waals surface area (Å²) in [5.41, 5.74) is 2.59. The lowest BCUT2D eigenvalue weighted by Crippen LogP contribution is -2.50. The Labute approximate surface area is 442 Å². The SMILES string of the molecule is CC(C)(C)[Si](C)(C)O[C@@H]1[C@@H]2OP(O)(=S)OC[C@H]3O[C@@H](n4cnc5c(Cl)ncnc54)[C@H](OP(=S)(OCCC#N)OC[C@H]2O[C@H]1n1cc2c4c(ncnc41)N(C(=O)c1ccccc1)CCC2)[C@@H]3O[Si](C)(C)C(C)(C)C. The highest BCUT2D eigenvalue weighted by Crippen LogP contribution is 2.58. The van der Waals surface area contributed by atoms with Crippen LogP contribution in [0, 0.1) is 11.3 Å². The number of imidazole rings is 1. The van der Waals surface area contributed by atoms with Crippen molar-refractivity contribution >= 4 is 99.2 Å². The Balaban J connectivity index is 1.15. The number of amides is 1. The van der Waals surface area contributed by atoms with Crippen LogP contribution in [-0.2, 0) is 71.0 Å². The van der Waals surface area contributed by atoms with Crippen molar-refractivity contribution in [3.8, 4) is 6.07 Å². The Morgan fingerprint density at radius 2 is 1.52 bits per heavy atom. The average molecular weight is 1130 g/mol. The van der Waals surface area contributed by atoms with Crippen molar-refractivity contribution in [2.24, 2.45) is 0 Å². The maximum Gasteiger partial charge on any atom is 0.327 e. The number of ether oxygens (including phenoxy) is 2. The maximum atomic E-state index is 14.1. The molecule has 4 aromatic heterocycles. The number of rotatable bonds is 10. The summed E-state index contributed by atoms with van der Waals surface area (Å²) in [4.78, 5) is 50.8. The van der Waals surface area contributed by atoms with Crippen LogP contribution in [0.2, 0.25) is 41.4 Å². The van der Waals surface area contributed by atoms with Crippen LogP contribution in [0.1, 0.15) is 82.8 Å². The van der Waals surface area contributed by atoms with E-state index in [0.717, 1.165) is 5.56 Å². The quantitative estimate of drug-likeness (QED) is 0.0595. The number of hydrogen-bond acceptors (Lipinski definition) is 18. The predicted molar refractivity (Wildman–Crippen MR) is 285 cm³/mol. The van der Waals surface area contributed by atoms with Gasteiger partial charge in [-0.3, -0.25) is 23.3 Å². The molecule has 0 saturated carbocycles. The van der Waals surface area contributed by atoms with Gasteiger partial charge in [0, 0.05) is 18.3 Å². The number of fused-ring (bicyclic) bond motifs is 4. The molecule has 0 radical (unpaired) electrons. The van der Waals surface area contributed by atoms with Gasteiger partial charge in [0.05, 0.1) is 44.0 Å². The van der Waals surface area contributed by atoms with Crippen molar-refractivity contribution in [2.75, 3.05) is 31.3 Å². The van der Waals surface area contributed by atoms with Gasteiger partial charge in [0.25, 0.3) is 5.91 Å². The fourth-order valence-corrected chi connectivity index (χ4v) is 15.1. The first-order valence-corrected chi connectivity index (χ1v) is 35.5. The molecule has 0 aliphatic carbocycles. The van der Waals surface area contributed by atoms with Crippen LogP contribution < -0.4 is 4.90 Å². The highest BCUT2D eigenvalue weighted by Gasteiger charge is 2.57. The molecular formula is C46H62ClN9O11P2S2Si2. The van der Waals surface area contributed by atoms with Crippen molar-refractivity contribution in [2.45, 2.75) is 146 Å². The Hall–Kier alpha value is -3.03. The third kappa shape index (κ3) is 11.0. The Bertz CT molecular complexity index is 3010. The smallest absolute Gasteiger partial charge is 0.327 e. The van der Waals surface area contributed by atoms with E-state index in [-0.39, 0.29) is 47.4 Å². The third-order valence-electron chi connectivity index (χ3n) is 14.7. The lowest BCUT2D eigenvalue weighted by atomic mass is 10.1. The second-order valence-electron chi connectivity index (χ2n) is 21.6.